The van der Waals surface area contributed by atoms with Gasteiger partial charge in [-0.15, -0.1) is 0 Å². The maximum absolute atomic E-state index is 14.8. The Labute approximate surface area is 253 Å². The summed E-state index contributed by atoms with van der Waals surface area (Å²) >= 11 is 0. The largest absolute Gasteiger partial charge is 0.480 e. The van der Waals surface area contributed by atoms with Gasteiger partial charge < -0.3 is 31.1 Å². The number of carboxylic acids is 1. The van der Waals surface area contributed by atoms with Crippen LogP contribution in [0, 0.1) is 12.3 Å². The molecule has 3 aliphatic rings. The number of hydrogen-bond acceptors (Lipinski definition) is 9. The predicted octanol–water partition coefficient (Wildman–Crippen LogP) is 3.74. The minimum absolute atomic E-state index is 0.0846. The van der Waals surface area contributed by atoms with Gasteiger partial charge in [-0.3, -0.25) is 4.79 Å². The zero-order valence-electron chi connectivity index (χ0n) is 24.5. The van der Waals surface area contributed by atoms with Gasteiger partial charge in [0.2, 0.25) is 17.9 Å². The molecule has 1 spiro atoms. The van der Waals surface area contributed by atoms with Crippen LogP contribution in [0.5, 0.6) is 5.88 Å². The van der Waals surface area contributed by atoms with E-state index < -0.39 is 24.3 Å². The molecule has 236 valence electrons. The van der Waals surface area contributed by atoms with Crippen molar-refractivity contribution < 1.29 is 27.8 Å². The van der Waals surface area contributed by atoms with Gasteiger partial charge in [-0.05, 0) is 81.1 Å². The third kappa shape index (κ3) is 6.32. The van der Waals surface area contributed by atoms with Crippen molar-refractivity contribution in [2.45, 2.75) is 63.3 Å². The number of nitrogens with two attached hydrogens (primary N) is 1. The first-order valence-electron chi connectivity index (χ1n) is 15.0. The maximum atomic E-state index is 14.8. The predicted molar refractivity (Wildman–Crippen MR) is 157 cm³/mol. The molecule has 3 saturated heterocycles. The number of alkyl halides is 3. The maximum Gasteiger partial charge on any atom is 0.429 e. The summed E-state index contributed by atoms with van der Waals surface area (Å²) in [5, 5.41) is 20.2. The summed E-state index contributed by atoms with van der Waals surface area (Å²) in [7, 11) is 0. The van der Waals surface area contributed by atoms with Crippen LogP contribution in [-0.4, -0.2) is 75.8 Å². The van der Waals surface area contributed by atoms with Crippen LogP contribution in [-0.2, 0) is 4.79 Å². The summed E-state index contributed by atoms with van der Waals surface area (Å²) in [4.78, 5) is 21.7. The van der Waals surface area contributed by atoms with Crippen LogP contribution in [0.1, 0.15) is 60.9 Å². The van der Waals surface area contributed by atoms with E-state index in [1.807, 2.05) is 4.90 Å². The highest BCUT2D eigenvalue weighted by molar-refractivity contribution is 5.74. The molecule has 5 N–H and O–H groups in total. The molecule has 3 aliphatic heterocycles. The van der Waals surface area contributed by atoms with Gasteiger partial charge in [0.05, 0.1) is 11.4 Å². The van der Waals surface area contributed by atoms with E-state index >= 15 is 0 Å². The van der Waals surface area contributed by atoms with Gasteiger partial charge in [0.25, 0.3) is 0 Å². The van der Waals surface area contributed by atoms with E-state index in [-0.39, 0.29) is 28.7 Å². The normalized spacial score (nSPS) is 21.5. The lowest BCUT2D eigenvalue weighted by molar-refractivity contribution is -0.198. The number of aromatic nitrogens is 4. The molecule has 3 aromatic rings. The first kappa shape index (κ1) is 30.1. The number of carboxylic acid groups (broad SMARTS) is 1. The molecule has 0 bridgehead atoms. The van der Waals surface area contributed by atoms with E-state index in [0.717, 1.165) is 31.5 Å². The van der Waals surface area contributed by atoms with Crippen molar-refractivity contribution in [1.82, 2.24) is 30.4 Å². The van der Waals surface area contributed by atoms with Crippen molar-refractivity contribution in [2.24, 2.45) is 5.41 Å². The summed E-state index contributed by atoms with van der Waals surface area (Å²) < 4.78 is 51.4. The molecule has 11 nitrogen and oxygen atoms in total. The topological polar surface area (TPSA) is 143 Å². The van der Waals surface area contributed by atoms with Crippen molar-refractivity contribution in [2.75, 3.05) is 43.4 Å². The number of nitrogens with zero attached hydrogens (tertiary/aromatic N) is 5. The number of rotatable bonds is 7. The van der Waals surface area contributed by atoms with Crippen molar-refractivity contribution in [1.29, 1.82) is 0 Å². The number of hydrogen-bond donors (Lipinski definition) is 4. The lowest BCUT2D eigenvalue weighted by Crippen LogP contribution is -2.41. The zero-order valence-corrected chi connectivity index (χ0v) is 24.5. The second kappa shape index (κ2) is 11.9. The monoisotopic (exact) mass is 614 g/mol. The van der Waals surface area contributed by atoms with Crippen LogP contribution in [0.25, 0.3) is 5.69 Å². The fraction of sp³-hybridized carbons (Fsp3) is 0.533. The molecule has 6 rings (SSSR count). The summed E-state index contributed by atoms with van der Waals surface area (Å²) in [5.41, 5.74) is 7.69. The molecular weight excluding hydrogens is 577 g/mol. The van der Waals surface area contributed by atoms with Crippen LogP contribution in [0.3, 0.4) is 0 Å². The molecular formula is C30H37F3N8O3. The van der Waals surface area contributed by atoms with Crippen LogP contribution in [0.4, 0.5) is 24.9 Å². The summed E-state index contributed by atoms with van der Waals surface area (Å²) in [6.45, 7) is 5.20. The molecule has 2 atom stereocenters. The molecule has 1 aromatic carbocycles. The Bertz CT molecular complexity index is 1500. The second-order valence-electron chi connectivity index (χ2n) is 12.2. The van der Waals surface area contributed by atoms with Crippen LogP contribution >= 0.6 is 0 Å². The number of ether oxygens (including phenoxy) is 1. The fourth-order valence-corrected chi connectivity index (χ4v) is 6.70. The molecule has 0 radical (unpaired) electrons. The van der Waals surface area contributed by atoms with Gasteiger partial charge in [0.15, 0.2) is 0 Å². The SMILES string of the molecule is Cc1ccn(-c2cc(C3CCNCC3)ccc2[C@@H](Oc2cc(N3CCC4(CC3)CNC(C(=O)O)C4)nc(N)n2)C(F)(F)F)n1. The number of aliphatic carboxylic acids is 1. The number of nitrogen functional groups attached to an aromatic ring is 1. The number of piperidine rings is 2. The number of carbonyl (C=O) groups is 1. The Morgan fingerprint density at radius 1 is 1.16 bits per heavy atom. The third-order valence-corrected chi connectivity index (χ3v) is 9.17. The van der Waals surface area contributed by atoms with Crippen LogP contribution in [0.2, 0.25) is 0 Å². The molecule has 14 heteroatoms. The second-order valence-corrected chi connectivity index (χ2v) is 12.2. The average Bonchev–Trinajstić information content (AvgIpc) is 3.62. The van der Waals surface area contributed by atoms with E-state index in [0.29, 0.717) is 56.1 Å². The van der Waals surface area contributed by atoms with Gasteiger partial charge in [-0.1, -0.05) is 12.1 Å². The lowest BCUT2D eigenvalue weighted by atomic mass is 9.76. The smallest absolute Gasteiger partial charge is 0.429 e. The molecule has 44 heavy (non-hydrogen) atoms. The summed E-state index contributed by atoms with van der Waals surface area (Å²) in [5.74, 6) is -0.743. The Balaban J connectivity index is 1.28. The molecule has 0 amide bonds. The quantitative estimate of drug-likeness (QED) is 0.311. The lowest BCUT2D eigenvalue weighted by Gasteiger charge is -2.39. The van der Waals surface area contributed by atoms with E-state index in [2.05, 4.69) is 25.7 Å². The highest BCUT2D eigenvalue weighted by Crippen LogP contribution is 2.43. The number of nitrogens with one attached hydrogen (secondary N) is 2. The van der Waals surface area contributed by atoms with Crippen LogP contribution < -0.4 is 26.0 Å². The zero-order chi connectivity index (χ0) is 31.1. The Hall–Kier alpha value is -3.91. The van der Waals surface area contributed by atoms with Crippen LogP contribution in [0.15, 0.2) is 36.5 Å². The standard InChI is InChI=1S/C30H37F3N8O3/c1-18-6-11-41(39-18)23-14-20(19-4-9-35-10-5-19)2-3-21(23)26(30(31,32)33)44-25-15-24(37-28(34)38-25)40-12-7-29(8-13-40)16-22(27(42)43)36-17-29/h2-3,6,11,14-15,19,22,26,35-36H,4-5,7-10,12-13,16-17H2,1H3,(H,42,43)(H2,34,37,38)/t22?,26-/m1/s1. The number of anilines is 2. The van der Waals surface area contributed by atoms with Crippen molar-refractivity contribution in [3.05, 3.63) is 53.3 Å². The minimum atomic E-state index is -4.78. The third-order valence-electron chi connectivity index (χ3n) is 9.17. The van der Waals surface area contributed by atoms with E-state index in [1.54, 1.807) is 31.3 Å². The molecule has 0 saturated carbocycles. The average molecular weight is 615 g/mol. The van der Waals surface area contributed by atoms with Crippen molar-refractivity contribution >= 4 is 17.7 Å². The fourth-order valence-electron chi connectivity index (χ4n) is 6.70. The minimum Gasteiger partial charge on any atom is -0.480 e. The number of halogens is 3. The first-order valence-corrected chi connectivity index (χ1v) is 15.0. The Morgan fingerprint density at radius 2 is 1.91 bits per heavy atom. The summed E-state index contributed by atoms with van der Waals surface area (Å²) in [6.07, 6.45) is -1.71. The number of aryl methyl sites for hydroxylation is 1. The van der Waals surface area contributed by atoms with Crippen molar-refractivity contribution in [3.8, 4) is 11.6 Å². The summed E-state index contributed by atoms with van der Waals surface area (Å²) in [6, 6.07) is 7.59. The molecule has 3 fully saturated rings. The van der Waals surface area contributed by atoms with Gasteiger partial charge in [-0.25, -0.2) is 4.68 Å². The van der Waals surface area contributed by atoms with E-state index in [9.17, 15) is 23.1 Å². The van der Waals surface area contributed by atoms with E-state index in [1.165, 1.54) is 16.8 Å². The number of benzene rings is 1. The highest BCUT2D eigenvalue weighted by Gasteiger charge is 2.46. The van der Waals surface area contributed by atoms with Gasteiger partial charge in [-0.2, -0.15) is 28.2 Å². The first-order chi connectivity index (χ1) is 21.0. The van der Waals surface area contributed by atoms with Gasteiger partial charge in [0.1, 0.15) is 11.9 Å². The highest BCUT2D eigenvalue weighted by atomic mass is 19.4. The molecule has 0 aliphatic carbocycles. The van der Waals surface area contributed by atoms with Crippen molar-refractivity contribution in [3.63, 3.8) is 0 Å². The van der Waals surface area contributed by atoms with E-state index in [4.69, 9.17) is 10.5 Å². The van der Waals surface area contributed by atoms with Gasteiger partial charge >= 0.3 is 12.1 Å². The van der Waals surface area contributed by atoms with Gasteiger partial charge in [0, 0.05) is 37.5 Å². The Morgan fingerprint density at radius 3 is 2.55 bits per heavy atom. The molecule has 1 unspecified atom stereocenters. The molecule has 2 aromatic heterocycles. The molecule has 5 heterocycles. The Kier molecular flexibility index (Phi) is 8.14.